The zero-order valence-corrected chi connectivity index (χ0v) is 13.4. The average molecular weight is 322 g/mol. The van der Waals surface area contributed by atoms with Crippen molar-refractivity contribution in [2.75, 3.05) is 6.61 Å². The van der Waals surface area contributed by atoms with E-state index in [2.05, 4.69) is 16.9 Å². The highest BCUT2D eigenvalue weighted by molar-refractivity contribution is 6.32. The van der Waals surface area contributed by atoms with E-state index in [-0.39, 0.29) is 11.6 Å². The Kier molecular flexibility index (Phi) is 5.57. The molecule has 22 heavy (non-hydrogen) atoms. The molecule has 0 saturated heterocycles. The van der Waals surface area contributed by atoms with Crippen molar-refractivity contribution in [1.29, 1.82) is 0 Å². The monoisotopic (exact) mass is 321 g/mol. The second kappa shape index (κ2) is 7.42. The van der Waals surface area contributed by atoms with Gasteiger partial charge in [-0.25, -0.2) is 4.98 Å². The second-order valence-corrected chi connectivity index (χ2v) is 5.98. The second-order valence-electron chi connectivity index (χ2n) is 5.57. The summed E-state index contributed by atoms with van der Waals surface area (Å²) in [5.41, 5.74) is 6.91. The summed E-state index contributed by atoms with van der Waals surface area (Å²) in [4.78, 5) is 17.9. The van der Waals surface area contributed by atoms with Gasteiger partial charge in [-0.2, -0.15) is 0 Å². The van der Waals surface area contributed by atoms with E-state index in [1.807, 2.05) is 13.0 Å². The maximum Gasteiger partial charge on any atom is 0.251 e. The molecule has 0 amide bonds. The molecule has 2 rings (SSSR count). The molecule has 0 spiro atoms. The van der Waals surface area contributed by atoms with Crippen LogP contribution >= 0.6 is 11.6 Å². The van der Waals surface area contributed by atoms with Crippen LogP contribution in [0.15, 0.2) is 35.4 Å². The number of hydrogen-bond donors (Lipinski definition) is 2. The van der Waals surface area contributed by atoms with E-state index in [9.17, 15) is 4.79 Å². The van der Waals surface area contributed by atoms with Crippen LogP contribution in [-0.4, -0.2) is 22.6 Å². The van der Waals surface area contributed by atoms with E-state index in [0.717, 1.165) is 12.0 Å². The third-order valence-corrected chi connectivity index (χ3v) is 3.50. The van der Waals surface area contributed by atoms with Crippen LogP contribution in [0.4, 0.5) is 0 Å². The summed E-state index contributed by atoms with van der Waals surface area (Å²) in [6.07, 6.45) is 2.26. The van der Waals surface area contributed by atoms with Crippen LogP contribution in [-0.2, 0) is 0 Å². The number of aromatic nitrogens is 2. The average Bonchev–Trinajstić information content (AvgIpc) is 2.45. The largest absolute Gasteiger partial charge is 0.492 e. The summed E-state index contributed by atoms with van der Waals surface area (Å²) in [7, 11) is 0. The summed E-state index contributed by atoms with van der Waals surface area (Å²) >= 11 is 6.24. The van der Waals surface area contributed by atoms with Gasteiger partial charge in [-0.15, -0.1) is 0 Å². The first kappa shape index (κ1) is 16.5. The van der Waals surface area contributed by atoms with Crippen LogP contribution in [0.3, 0.4) is 0 Å². The first-order valence-corrected chi connectivity index (χ1v) is 7.56. The van der Waals surface area contributed by atoms with Crippen molar-refractivity contribution < 1.29 is 4.74 Å². The van der Waals surface area contributed by atoms with Crippen molar-refractivity contribution in [2.24, 2.45) is 11.7 Å². The number of benzene rings is 1. The van der Waals surface area contributed by atoms with Crippen LogP contribution < -0.4 is 16.0 Å². The SMILES string of the molecule is CC(N)CC(C)COc1ccc(-c2cc(=O)[nH]cn2)cc1Cl. The van der Waals surface area contributed by atoms with Crippen LogP contribution in [0.2, 0.25) is 5.02 Å². The Morgan fingerprint density at radius 2 is 2.14 bits per heavy atom. The van der Waals surface area contributed by atoms with Gasteiger partial charge in [0.1, 0.15) is 5.75 Å². The van der Waals surface area contributed by atoms with E-state index in [0.29, 0.717) is 29.0 Å². The molecule has 2 unspecified atom stereocenters. The minimum atomic E-state index is -0.203. The Labute approximate surface area is 134 Å². The summed E-state index contributed by atoms with van der Waals surface area (Å²) in [5.74, 6) is 0.969. The smallest absolute Gasteiger partial charge is 0.251 e. The lowest BCUT2D eigenvalue weighted by Crippen LogP contribution is -2.21. The molecule has 0 aliphatic heterocycles. The Morgan fingerprint density at radius 3 is 2.77 bits per heavy atom. The zero-order chi connectivity index (χ0) is 16.1. The number of rotatable bonds is 6. The number of nitrogens with one attached hydrogen (secondary N) is 1. The van der Waals surface area contributed by atoms with Gasteiger partial charge in [-0.3, -0.25) is 4.79 Å². The molecule has 1 aromatic heterocycles. The Hall–Kier alpha value is -1.85. The van der Waals surface area contributed by atoms with Crippen LogP contribution in [0.5, 0.6) is 5.75 Å². The van der Waals surface area contributed by atoms with Crippen LogP contribution in [0.25, 0.3) is 11.3 Å². The quantitative estimate of drug-likeness (QED) is 0.857. The van der Waals surface area contributed by atoms with E-state index >= 15 is 0 Å². The Bertz CT molecular complexity index is 685. The Balaban J connectivity index is 2.08. The van der Waals surface area contributed by atoms with Gasteiger partial charge in [0, 0.05) is 17.7 Å². The lowest BCUT2D eigenvalue weighted by atomic mass is 10.0. The lowest BCUT2D eigenvalue weighted by Gasteiger charge is -2.16. The third-order valence-electron chi connectivity index (χ3n) is 3.20. The topological polar surface area (TPSA) is 81.0 Å². The van der Waals surface area contributed by atoms with Gasteiger partial charge < -0.3 is 15.5 Å². The molecule has 0 fully saturated rings. The van der Waals surface area contributed by atoms with Gasteiger partial charge >= 0.3 is 0 Å². The van der Waals surface area contributed by atoms with Crippen molar-refractivity contribution >= 4 is 11.6 Å². The number of ether oxygens (including phenoxy) is 1. The third kappa shape index (κ3) is 4.58. The minimum Gasteiger partial charge on any atom is -0.492 e. The summed E-state index contributed by atoms with van der Waals surface area (Å²) in [5, 5.41) is 0.493. The fourth-order valence-electron chi connectivity index (χ4n) is 2.24. The highest BCUT2D eigenvalue weighted by atomic mass is 35.5. The van der Waals surface area contributed by atoms with E-state index < -0.39 is 0 Å². The molecule has 0 aliphatic carbocycles. The predicted octanol–water partition coefficient (Wildman–Crippen LogP) is 2.84. The van der Waals surface area contributed by atoms with Crippen molar-refractivity contribution in [3.63, 3.8) is 0 Å². The molecule has 0 bridgehead atoms. The van der Waals surface area contributed by atoms with Crippen LogP contribution in [0, 0.1) is 5.92 Å². The first-order chi connectivity index (χ1) is 10.5. The molecular weight excluding hydrogens is 302 g/mol. The lowest BCUT2D eigenvalue weighted by molar-refractivity contribution is 0.246. The Morgan fingerprint density at radius 1 is 1.36 bits per heavy atom. The van der Waals surface area contributed by atoms with Gasteiger partial charge in [0.05, 0.1) is 23.7 Å². The molecule has 0 saturated carbocycles. The molecule has 3 N–H and O–H groups in total. The van der Waals surface area contributed by atoms with Crippen molar-refractivity contribution in [1.82, 2.24) is 9.97 Å². The summed E-state index contributed by atoms with van der Waals surface area (Å²) < 4.78 is 5.74. The maximum atomic E-state index is 11.3. The van der Waals surface area contributed by atoms with E-state index in [4.69, 9.17) is 22.1 Å². The standard InChI is InChI=1S/C16H20ClN3O2/c1-10(5-11(2)18)8-22-15-4-3-12(6-13(15)17)14-7-16(21)20-9-19-14/h3-4,6-7,9-11H,5,8,18H2,1-2H3,(H,19,20,21). The fraction of sp³-hybridized carbons (Fsp3) is 0.375. The molecular formula is C16H20ClN3O2. The van der Waals surface area contributed by atoms with Gasteiger partial charge in [0.15, 0.2) is 0 Å². The summed E-state index contributed by atoms with van der Waals surface area (Å²) in [6.45, 7) is 4.63. The van der Waals surface area contributed by atoms with Crippen molar-refractivity contribution in [2.45, 2.75) is 26.3 Å². The molecule has 0 radical (unpaired) electrons. The maximum absolute atomic E-state index is 11.3. The molecule has 5 nitrogen and oxygen atoms in total. The highest BCUT2D eigenvalue weighted by Gasteiger charge is 2.10. The highest BCUT2D eigenvalue weighted by Crippen LogP contribution is 2.29. The zero-order valence-electron chi connectivity index (χ0n) is 12.7. The summed E-state index contributed by atoms with van der Waals surface area (Å²) in [6, 6.07) is 6.95. The number of H-pyrrole nitrogens is 1. The minimum absolute atomic E-state index is 0.152. The number of nitrogens with zero attached hydrogens (tertiary/aromatic N) is 1. The van der Waals surface area contributed by atoms with Gasteiger partial charge in [-0.1, -0.05) is 18.5 Å². The number of nitrogens with two attached hydrogens (primary N) is 1. The molecule has 0 aliphatic rings. The molecule has 2 aromatic rings. The van der Waals surface area contributed by atoms with Gasteiger partial charge in [-0.05, 0) is 37.5 Å². The normalized spacial score (nSPS) is 13.6. The van der Waals surface area contributed by atoms with Crippen molar-refractivity contribution in [3.8, 4) is 17.0 Å². The number of halogens is 1. The number of aromatic amines is 1. The van der Waals surface area contributed by atoms with Crippen molar-refractivity contribution in [3.05, 3.63) is 46.0 Å². The molecule has 118 valence electrons. The molecule has 2 atom stereocenters. The first-order valence-electron chi connectivity index (χ1n) is 7.18. The van der Waals surface area contributed by atoms with Gasteiger partial charge in [0.25, 0.3) is 5.56 Å². The van der Waals surface area contributed by atoms with E-state index in [1.165, 1.54) is 12.4 Å². The van der Waals surface area contributed by atoms with Gasteiger partial charge in [0.2, 0.25) is 0 Å². The van der Waals surface area contributed by atoms with Crippen LogP contribution in [0.1, 0.15) is 20.3 Å². The molecule has 1 heterocycles. The molecule has 6 heteroatoms. The predicted molar refractivity (Wildman–Crippen MR) is 88.2 cm³/mol. The molecule has 1 aromatic carbocycles. The number of hydrogen-bond acceptors (Lipinski definition) is 4. The van der Waals surface area contributed by atoms with E-state index in [1.54, 1.807) is 12.1 Å². The fourth-order valence-corrected chi connectivity index (χ4v) is 2.47.